The third-order valence-corrected chi connectivity index (χ3v) is 6.10. The van der Waals surface area contributed by atoms with E-state index in [-0.39, 0.29) is 12.3 Å². The second kappa shape index (κ2) is 8.73. The summed E-state index contributed by atoms with van der Waals surface area (Å²) in [5, 5.41) is 10.2. The Hall–Kier alpha value is -2.61. The fraction of sp³-hybridized carbons (Fsp3) is 0.458. The molecule has 2 atom stereocenters. The van der Waals surface area contributed by atoms with Gasteiger partial charge < -0.3 is 14.7 Å². The molecule has 0 saturated carbocycles. The third-order valence-electron chi connectivity index (χ3n) is 6.10. The summed E-state index contributed by atoms with van der Waals surface area (Å²) in [7, 11) is 1.51. The van der Waals surface area contributed by atoms with Crippen molar-refractivity contribution < 1.29 is 32.2 Å². The Bertz CT molecular complexity index is 978. The zero-order valence-electron chi connectivity index (χ0n) is 18.3. The van der Waals surface area contributed by atoms with Gasteiger partial charge in [-0.15, -0.1) is 0 Å². The summed E-state index contributed by atoms with van der Waals surface area (Å²) in [6.45, 7) is 2.81. The molecule has 2 aliphatic rings. The number of rotatable bonds is 4. The minimum atomic E-state index is -5.17. The number of benzene rings is 1. The summed E-state index contributed by atoms with van der Waals surface area (Å²) in [6.07, 6.45) is 0.238. The second-order valence-corrected chi connectivity index (χ2v) is 8.22. The second-order valence-electron chi connectivity index (χ2n) is 8.22. The molecule has 0 bridgehead atoms. The van der Waals surface area contributed by atoms with Crippen molar-refractivity contribution in [3.63, 3.8) is 0 Å². The first-order valence-corrected chi connectivity index (χ1v) is 10.5. The van der Waals surface area contributed by atoms with Crippen molar-refractivity contribution in [2.45, 2.75) is 57.0 Å². The van der Waals surface area contributed by atoms with Gasteiger partial charge in [0.2, 0.25) is 11.5 Å². The van der Waals surface area contributed by atoms with Crippen molar-refractivity contribution in [1.29, 1.82) is 0 Å². The first-order chi connectivity index (χ1) is 15.0. The highest BCUT2D eigenvalue weighted by Gasteiger charge is 2.71. The van der Waals surface area contributed by atoms with Crippen LogP contribution < -0.4 is 4.74 Å². The number of aliphatic hydroxyl groups is 1. The molecule has 1 aromatic carbocycles. The minimum Gasteiger partial charge on any atom is -0.496 e. The standard InChI is InChI=1S/C24H27F4NO3/c1-4-19-16(13-18-15-22(2,25)23(18,31)24(26,27)28)9-7-8-12-29(19)21(30)14-17-10-5-6-11-20(17)32-3/h4-6,10-11,13,15,31H,7-9,12,14H2,1-3H3/b16-13-,19-4?. The van der Waals surface area contributed by atoms with Crippen molar-refractivity contribution in [2.24, 2.45) is 0 Å². The molecule has 1 aliphatic carbocycles. The average Bonchev–Trinajstić information content (AvgIpc) is 2.94. The molecule has 3 rings (SSSR count). The van der Waals surface area contributed by atoms with Crippen molar-refractivity contribution in [1.82, 2.24) is 4.90 Å². The van der Waals surface area contributed by atoms with Crippen molar-refractivity contribution in [2.75, 3.05) is 13.7 Å². The molecule has 1 N–H and O–H groups in total. The number of nitrogens with zero attached hydrogens (tertiary/aromatic N) is 1. The Morgan fingerprint density at radius 1 is 1.28 bits per heavy atom. The predicted molar refractivity (Wildman–Crippen MR) is 113 cm³/mol. The molecule has 8 heteroatoms. The van der Waals surface area contributed by atoms with Crippen LogP contribution in [0.1, 0.15) is 38.7 Å². The molecule has 32 heavy (non-hydrogen) atoms. The average molecular weight is 453 g/mol. The number of ether oxygens (including phenoxy) is 1. The van der Waals surface area contributed by atoms with E-state index in [1.54, 1.807) is 42.2 Å². The van der Waals surface area contributed by atoms with Crippen LogP contribution in [0.2, 0.25) is 0 Å². The van der Waals surface area contributed by atoms with Crippen LogP contribution in [0.25, 0.3) is 0 Å². The summed E-state index contributed by atoms with van der Waals surface area (Å²) in [5.41, 5.74) is -5.40. The molecule has 174 valence electrons. The summed E-state index contributed by atoms with van der Waals surface area (Å²) in [6, 6.07) is 7.13. The van der Waals surface area contributed by atoms with E-state index >= 15 is 0 Å². The van der Waals surface area contributed by atoms with Gasteiger partial charge in [0.05, 0.1) is 13.5 Å². The van der Waals surface area contributed by atoms with Gasteiger partial charge in [-0.3, -0.25) is 4.79 Å². The number of amides is 1. The zero-order chi connectivity index (χ0) is 23.7. The van der Waals surface area contributed by atoms with Crippen LogP contribution >= 0.6 is 0 Å². The largest absolute Gasteiger partial charge is 0.496 e. The molecular formula is C24H27F4NO3. The van der Waals surface area contributed by atoms with Gasteiger partial charge >= 0.3 is 6.18 Å². The van der Waals surface area contributed by atoms with Gasteiger partial charge in [-0.1, -0.05) is 30.4 Å². The maximum absolute atomic E-state index is 14.4. The Morgan fingerprint density at radius 3 is 2.56 bits per heavy atom. The molecule has 1 aliphatic heterocycles. The van der Waals surface area contributed by atoms with E-state index in [0.717, 1.165) is 6.08 Å². The van der Waals surface area contributed by atoms with Gasteiger partial charge in [-0.05, 0) is 56.4 Å². The van der Waals surface area contributed by atoms with E-state index in [1.807, 2.05) is 0 Å². The molecular weight excluding hydrogens is 426 g/mol. The van der Waals surface area contributed by atoms with Crippen LogP contribution in [0.5, 0.6) is 5.75 Å². The summed E-state index contributed by atoms with van der Waals surface area (Å²) in [5.74, 6) is 0.352. The molecule has 2 unspecified atom stereocenters. The lowest BCUT2D eigenvalue weighted by Gasteiger charge is -2.47. The number of hydrogen-bond donors (Lipinski definition) is 1. The maximum Gasteiger partial charge on any atom is 0.424 e. The smallest absolute Gasteiger partial charge is 0.424 e. The van der Waals surface area contributed by atoms with Gasteiger partial charge in [0.15, 0.2) is 5.67 Å². The van der Waals surface area contributed by atoms with Crippen LogP contribution in [0.4, 0.5) is 17.6 Å². The highest BCUT2D eigenvalue weighted by Crippen LogP contribution is 2.54. The maximum atomic E-state index is 14.4. The predicted octanol–water partition coefficient (Wildman–Crippen LogP) is 5.04. The van der Waals surface area contributed by atoms with Gasteiger partial charge in [0, 0.05) is 17.8 Å². The van der Waals surface area contributed by atoms with E-state index in [4.69, 9.17) is 4.74 Å². The van der Waals surface area contributed by atoms with Crippen molar-refractivity contribution >= 4 is 5.91 Å². The molecule has 0 spiro atoms. The first kappa shape index (κ1) is 24.0. The van der Waals surface area contributed by atoms with E-state index in [1.165, 1.54) is 13.2 Å². The Kier molecular flexibility index (Phi) is 6.56. The fourth-order valence-corrected chi connectivity index (χ4v) is 4.34. The third kappa shape index (κ3) is 4.08. The van der Waals surface area contributed by atoms with E-state index in [0.29, 0.717) is 55.3 Å². The zero-order valence-corrected chi connectivity index (χ0v) is 18.3. The minimum absolute atomic E-state index is 0.0619. The lowest BCUT2D eigenvalue weighted by molar-refractivity contribution is -0.285. The van der Waals surface area contributed by atoms with Crippen LogP contribution in [0.3, 0.4) is 0 Å². The molecule has 1 heterocycles. The lowest BCUT2D eigenvalue weighted by Crippen LogP contribution is -2.65. The quantitative estimate of drug-likeness (QED) is 0.650. The Balaban J connectivity index is 1.93. The van der Waals surface area contributed by atoms with Gasteiger partial charge in [0.1, 0.15) is 5.75 Å². The summed E-state index contributed by atoms with van der Waals surface area (Å²) < 4.78 is 60.2. The van der Waals surface area contributed by atoms with Crippen LogP contribution in [-0.4, -0.2) is 47.0 Å². The van der Waals surface area contributed by atoms with Gasteiger partial charge in [-0.25, -0.2) is 4.39 Å². The lowest BCUT2D eigenvalue weighted by atomic mass is 9.67. The normalized spacial score (nSPS) is 28.9. The van der Waals surface area contributed by atoms with Crippen molar-refractivity contribution in [3.8, 4) is 5.75 Å². The van der Waals surface area contributed by atoms with Crippen LogP contribution in [0.15, 0.2) is 59.3 Å². The number of likely N-dealkylation sites (tertiary alicyclic amines) is 1. The fourth-order valence-electron chi connectivity index (χ4n) is 4.34. The monoisotopic (exact) mass is 453 g/mol. The van der Waals surface area contributed by atoms with E-state index in [9.17, 15) is 27.5 Å². The molecule has 0 aromatic heterocycles. The number of alkyl halides is 4. The van der Waals surface area contributed by atoms with Crippen LogP contribution in [-0.2, 0) is 11.2 Å². The molecule has 1 amide bonds. The van der Waals surface area contributed by atoms with Gasteiger partial charge in [0.25, 0.3) is 0 Å². The molecule has 1 fully saturated rings. The number of allylic oxidation sites excluding steroid dienone is 2. The SMILES string of the molecule is CC=C1/C(=C\C2=CC(C)(F)C2(O)C(F)(F)F)CCCCN1C(=O)Cc1ccccc1OC. The van der Waals surface area contributed by atoms with Crippen LogP contribution in [0, 0.1) is 0 Å². The number of carbonyl (C=O) groups excluding carboxylic acids is 1. The molecule has 1 saturated heterocycles. The Morgan fingerprint density at radius 2 is 1.97 bits per heavy atom. The highest BCUT2D eigenvalue weighted by atomic mass is 19.4. The summed E-state index contributed by atoms with van der Waals surface area (Å²) >= 11 is 0. The first-order valence-electron chi connectivity index (χ1n) is 10.5. The number of para-hydroxylation sites is 1. The topological polar surface area (TPSA) is 49.8 Å². The number of halogens is 4. The highest BCUT2D eigenvalue weighted by molar-refractivity contribution is 5.82. The summed E-state index contributed by atoms with van der Waals surface area (Å²) in [4.78, 5) is 14.7. The van der Waals surface area contributed by atoms with E-state index < -0.39 is 23.0 Å². The number of hydrogen-bond acceptors (Lipinski definition) is 3. The number of carbonyl (C=O) groups is 1. The van der Waals surface area contributed by atoms with Crippen molar-refractivity contribution in [3.05, 3.63) is 64.9 Å². The number of methoxy groups -OCH3 is 1. The van der Waals surface area contributed by atoms with Gasteiger partial charge in [-0.2, -0.15) is 13.2 Å². The molecule has 4 nitrogen and oxygen atoms in total. The Labute approximate surface area is 184 Å². The van der Waals surface area contributed by atoms with E-state index in [2.05, 4.69) is 0 Å². The molecule has 1 aromatic rings. The molecule has 0 radical (unpaired) electrons.